The Morgan fingerprint density at radius 2 is 1.50 bits per heavy atom. The van der Waals surface area contributed by atoms with Crippen LogP contribution >= 0.6 is 0 Å². The average molecular weight is 319 g/mol. The van der Waals surface area contributed by atoms with Crippen molar-refractivity contribution in [2.45, 2.75) is 13.0 Å². The number of benzene rings is 2. The standard InChI is InChI=1S/C18H13N3O3/c1-11(16-19-15(20-24-16)12-7-3-2-4-8-12)21-17(22)13-9-5-6-10-14(13)18(21)23/h2-11H,1H3/t11-/m1/s1. The van der Waals surface area contributed by atoms with E-state index >= 15 is 0 Å². The van der Waals surface area contributed by atoms with Gasteiger partial charge < -0.3 is 4.52 Å². The van der Waals surface area contributed by atoms with Crippen molar-refractivity contribution in [3.8, 4) is 11.4 Å². The lowest BCUT2D eigenvalue weighted by molar-refractivity contribution is 0.0568. The highest BCUT2D eigenvalue weighted by Crippen LogP contribution is 2.31. The van der Waals surface area contributed by atoms with Gasteiger partial charge in [0.05, 0.1) is 11.1 Å². The van der Waals surface area contributed by atoms with Crippen molar-refractivity contribution in [2.24, 2.45) is 0 Å². The van der Waals surface area contributed by atoms with E-state index in [2.05, 4.69) is 10.1 Å². The Hall–Kier alpha value is -3.28. The molecule has 2 amide bonds. The summed E-state index contributed by atoms with van der Waals surface area (Å²) in [6, 6.07) is 15.5. The molecular weight excluding hydrogens is 306 g/mol. The number of hydrogen-bond donors (Lipinski definition) is 0. The van der Waals surface area contributed by atoms with E-state index in [0.29, 0.717) is 17.0 Å². The molecule has 0 saturated heterocycles. The molecule has 2 aromatic carbocycles. The molecule has 0 unspecified atom stereocenters. The zero-order valence-corrected chi connectivity index (χ0v) is 12.8. The van der Waals surface area contributed by atoms with Gasteiger partial charge in [0.2, 0.25) is 11.7 Å². The minimum atomic E-state index is -0.637. The number of imide groups is 1. The van der Waals surface area contributed by atoms with E-state index in [1.807, 2.05) is 30.3 Å². The summed E-state index contributed by atoms with van der Waals surface area (Å²) in [6.07, 6.45) is 0. The first-order valence-electron chi connectivity index (χ1n) is 7.53. The predicted molar refractivity (Wildman–Crippen MR) is 85.1 cm³/mol. The maximum absolute atomic E-state index is 12.5. The number of carbonyl (C=O) groups excluding carboxylic acids is 2. The van der Waals surface area contributed by atoms with Crippen molar-refractivity contribution in [3.63, 3.8) is 0 Å². The average Bonchev–Trinajstić information content (AvgIpc) is 3.20. The van der Waals surface area contributed by atoms with Crippen LogP contribution in [0.15, 0.2) is 59.1 Å². The molecule has 4 rings (SSSR count). The molecule has 1 aliphatic rings. The number of hydrogen-bond acceptors (Lipinski definition) is 5. The van der Waals surface area contributed by atoms with E-state index < -0.39 is 6.04 Å². The van der Waals surface area contributed by atoms with Crippen molar-refractivity contribution < 1.29 is 14.1 Å². The third-order valence-electron chi connectivity index (χ3n) is 4.04. The summed E-state index contributed by atoms with van der Waals surface area (Å²) in [7, 11) is 0. The van der Waals surface area contributed by atoms with Crippen LogP contribution in [0.2, 0.25) is 0 Å². The highest BCUT2D eigenvalue weighted by molar-refractivity contribution is 6.21. The van der Waals surface area contributed by atoms with E-state index in [4.69, 9.17) is 4.52 Å². The monoisotopic (exact) mass is 319 g/mol. The zero-order chi connectivity index (χ0) is 16.7. The predicted octanol–water partition coefficient (Wildman–Crippen LogP) is 3.09. The lowest BCUT2D eigenvalue weighted by atomic mass is 10.1. The first kappa shape index (κ1) is 14.3. The summed E-state index contributed by atoms with van der Waals surface area (Å²) in [6.45, 7) is 1.70. The Bertz CT molecular complexity index is 898. The van der Waals surface area contributed by atoms with E-state index in [1.54, 1.807) is 31.2 Å². The fourth-order valence-electron chi connectivity index (χ4n) is 2.78. The summed E-state index contributed by atoms with van der Waals surface area (Å²) in [4.78, 5) is 30.5. The Balaban J connectivity index is 1.66. The van der Waals surface area contributed by atoms with Gasteiger partial charge >= 0.3 is 0 Å². The maximum atomic E-state index is 12.5. The van der Waals surface area contributed by atoms with Gasteiger partial charge in [-0.2, -0.15) is 4.98 Å². The second kappa shape index (κ2) is 5.42. The van der Waals surface area contributed by atoms with Crippen molar-refractivity contribution >= 4 is 11.8 Å². The third kappa shape index (κ3) is 2.11. The Labute approximate surface area is 137 Å². The number of amides is 2. The highest BCUT2D eigenvalue weighted by Gasteiger charge is 2.40. The Morgan fingerprint density at radius 1 is 0.917 bits per heavy atom. The molecule has 6 nitrogen and oxygen atoms in total. The van der Waals surface area contributed by atoms with Crippen molar-refractivity contribution in [1.82, 2.24) is 15.0 Å². The lowest BCUT2D eigenvalue weighted by Crippen LogP contribution is -2.32. The van der Waals surface area contributed by atoms with Gasteiger partial charge in [-0.25, -0.2) is 0 Å². The minimum absolute atomic E-state index is 0.225. The van der Waals surface area contributed by atoms with Gasteiger partial charge in [0.25, 0.3) is 11.8 Å². The van der Waals surface area contributed by atoms with Crippen LogP contribution in [-0.4, -0.2) is 26.9 Å². The normalized spacial score (nSPS) is 14.8. The molecule has 1 atom stereocenters. The first-order valence-corrected chi connectivity index (χ1v) is 7.53. The van der Waals surface area contributed by atoms with Crippen LogP contribution in [0.1, 0.15) is 39.6 Å². The summed E-state index contributed by atoms with van der Waals surface area (Å²) in [5.41, 5.74) is 1.61. The Kier molecular flexibility index (Phi) is 3.23. The molecule has 0 aliphatic carbocycles. The van der Waals surface area contributed by atoms with Crippen LogP contribution < -0.4 is 0 Å². The molecule has 0 fully saturated rings. The second-order valence-electron chi connectivity index (χ2n) is 5.52. The largest absolute Gasteiger partial charge is 0.337 e. The zero-order valence-electron chi connectivity index (χ0n) is 12.8. The van der Waals surface area contributed by atoms with Crippen molar-refractivity contribution in [1.29, 1.82) is 0 Å². The molecule has 2 heterocycles. The van der Waals surface area contributed by atoms with Crippen LogP contribution in [0.4, 0.5) is 0 Å². The molecule has 0 N–H and O–H groups in total. The van der Waals surface area contributed by atoms with Crippen LogP contribution in [0.25, 0.3) is 11.4 Å². The first-order chi connectivity index (χ1) is 11.7. The van der Waals surface area contributed by atoms with Gasteiger partial charge in [0.15, 0.2) is 0 Å². The molecule has 24 heavy (non-hydrogen) atoms. The number of fused-ring (bicyclic) bond motifs is 1. The molecule has 6 heteroatoms. The van der Waals surface area contributed by atoms with Crippen LogP contribution in [0.5, 0.6) is 0 Å². The van der Waals surface area contributed by atoms with E-state index in [9.17, 15) is 9.59 Å². The molecular formula is C18H13N3O3. The number of carbonyl (C=O) groups is 2. The van der Waals surface area contributed by atoms with E-state index in [-0.39, 0.29) is 17.7 Å². The van der Waals surface area contributed by atoms with Gasteiger partial charge in [0, 0.05) is 5.56 Å². The van der Waals surface area contributed by atoms with Gasteiger partial charge in [-0.3, -0.25) is 14.5 Å². The molecule has 0 saturated carbocycles. The quantitative estimate of drug-likeness (QED) is 0.693. The molecule has 1 aromatic heterocycles. The summed E-state index contributed by atoms with van der Waals surface area (Å²) < 4.78 is 5.28. The maximum Gasteiger partial charge on any atom is 0.262 e. The lowest BCUT2D eigenvalue weighted by Gasteiger charge is -2.18. The fraction of sp³-hybridized carbons (Fsp3) is 0.111. The summed E-state index contributed by atoms with van der Waals surface area (Å²) >= 11 is 0. The SMILES string of the molecule is C[C@H](c1nc(-c2ccccc2)no1)N1C(=O)c2ccccc2C1=O. The van der Waals surface area contributed by atoms with Gasteiger partial charge in [0.1, 0.15) is 6.04 Å². The Morgan fingerprint density at radius 3 is 2.12 bits per heavy atom. The molecule has 0 bridgehead atoms. The molecule has 0 radical (unpaired) electrons. The molecule has 118 valence electrons. The van der Waals surface area contributed by atoms with Crippen LogP contribution in [0, 0.1) is 0 Å². The van der Waals surface area contributed by atoms with Gasteiger partial charge in [-0.05, 0) is 19.1 Å². The van der Waals surface area contributed by atoms with Crippen LogP contribution in [0.3, 0.4) is 0 Å². The molecule has 3 aromatic rings. The molecule has 0 spiro atoms. The topological polar surface area (TPSA) is 76.3 Å². The van der Waals surface area contributed by atoms with Crippen molar-refractivity contribution in [3.05, 3.63) is 71.6 Å². The van der Waals surface area contributed by atoms with E-state index in [1.165, 1.54) is 0 Å². The molecule has 1 aliphatic heterocycles. The van der Waals surface area contributed by atoms with Crippen molar-refractivity contribution in [2.75, 3.05) is 0 Å². The summed E-state index contributed by atoms with van der Waals surface area (Å²) in [5, 5.41) is 3.94. The number of rotatable bonds is 3. The minimum Gasteiger partial charge on any atom is -0.337 e. The van der Waals surface area contributed by atoms with Gasteiger partial charge in [-0.15, -0.1) is 0 Å². The van der Waals surface area contributed by atoms with E-state index in [0.717, 1.165) is 10.5 Å². The number of nitrogens with zero attached hydrogens (tertiary/aromatic N) is 3. The fourth-order valence-corrected chi connectivity index (χ4v) is 2.78. The van der Waals surface area contributed by atoms with Gasteiger partial charge in [-0.1, -0.05) is 47.6 Å². The highest BCUT2D eigenvalue weighted by atomic mass is 16.5. The smallest absolute Gasteiger partial charge is 0.262 e. The van der Waals surface area contributed by atoms with Crippen LogP contribution in [-0.2, 0) is 0 Å². The second-order valence-corrected chi connectivity index (χ2v) is 5.52. The summed E-state index contributed by atoms with van der Waals surface area (Å²) in [5.74, 6) is -0.0393. The number of aromatic nitrogens is 2. The third-order valence-corrected chi connectivity index (χ3v) is 4.04.